The molecule has 0 saturated carbocycles. The Labute approximate surface area is 261 Å². The highest BCUT2D eigenvalue weighted by atomic mass is 16.7. The Kier molecular flexibility index (Phi) is 10.6. The van der Waals surface area contributed by atoms with Crippen LogP contribution >= 0.6 is 0 Å². The molecule has 0 radical (unpaired) electrons. The first kappa shape index (κ1) is 33.5. The van der Waals surface area contributed by atoms with Crippen molar-refractivity contribution in [2.45, 2.75) is 58.4 Å². The van der Waals surface area contributed by atoms with Gasteiger partial charge in [-0.1, -0.05) is 18.2 Å². The van der Waals surface area contributed by atoms with E-state index in [2.05, 4.69) is 0 Å². The fourth-order valence-corrected chi connectivity index (χ4v) is 4.59. The Morgan fingerprint density at radius 1 is 0.761 bits per heavy atom. The molecule has 1 aliphatic heterocycles. The third-order valence-corrected chi connectivity index (χ3v) is 6.41. The topological polar surface area (TPSA) is 189 Å². The summed E-state index contributed by atoms with van der Waals surface area (Å²) in [5.41, 5.74) is -1.09. The first-order valence-electron chi connectivity index (χ1n) is 13.8. The molecular weight excluding hydrogens is 612 g/mol. The molecule has 1 aliphatic rings. The highest BCUT2D eigenvalue weighted by Crippen LogP contribution is 2.38. The van der Waals surface area contributed by atoms with E-state index in [4.69, 9.17) is 42.3 Å². The minimum Gasteiger partial charge on any atom is -0.497 e. The van der Waals surface area contributed by atoms with Crippen molar-refractivity contribution in [2.24, 2.45) is 0 Å². The highest BCUT2D eigenvalue weighted by molar-refractivity contribution is 5.93. The van der Waals surface area contributed by atoms with Crippen LogP contribution in [0.1, 0.15) is 38.1 Å². The average Bonchev–Trinajstić information content (AvgIpc) is 3.00. The average molecular weight is 643 g/mol. The number of carbonyl (C=O) groups is 5. The summed E-state index contributed by atoms with van der Waals surface area (Å²) in [5.74, 6) is -4.99. The molecule has 1 fully saturated rings. The van der Waals surface area contributed by atoms with E-state index in [1.54, 1.807) is 18.2 Å². The largest absolute Gasteiger partial charge is 0.497 e. The van der Waals surface area contributed by atoms with Gasteiger partial charge in [0.05, 0.1) is 18.1 Å². The fraction of sp³-hybridized carbons (Fsp3) is 0.355. The van der Waals surface area contributed by atoms with Gasteiger partial charge in [-0.25, -0.2) is 9.59 Å². The lowest BCUT2D eigenvalue weighted by atomic mass is 9.98. The van der Waals surface area contributed by atoms with Crippen LogP contribution in [0.15, 0.2) is 57.7 Å². The van der Waals surface area contributed by atoms with Crippen molar-refractivity contribution in [1.29, 1.82) is 0 Å². The van der Waals surface area contributed by atoms with Gasteiger partial charge in [0.15, 0.2) is 18.0 Å². The number of hydrogen-bond donors (Lipinski definition) is 0. The Balaban J connectivity index is 1.88. The molecule has 0 aliphatic carbocycles. The summed E-state index contributed by atoms with van der Waals surface area (Å²) in [7, 11) is 1.39. The number of carbonyl (C=O) groups excluding carboxylic acids is 5. The molecule has 0 N–H and O–H groups in total. The molecule has 15 heteroatoms. The van der Waals surface area contributed by atoms with E-state index >= 15 is 0 Å². The monoisotopic (exact) mass is 642 g/mol. The standard InChI is InChI=1S/C31H30O15/c1-15(32)39-14-23-25(40-16(2)33)26(41-17(3)34)28(42-18(4)35)31(44-23)46-24-21-12-11-20(38-5)13-22(21)43-30(37)27(24)45-29(36)19-9-7-6-8-10-19/h6-13,23,25-26,28,31H,14H2,1-5H3/t23-,25+,26+,28-,31+/m1/s1. The molecule has 5 atom stereocenters. The number of methoxy groups -OCH3 is 1. The van der Waals surface area contributed by atoms with Crippen molar-refractivity contribution < 1.29 is 66.3 Å². The highest BCUT2D eigenvalue weighted by Gasteiger charge is 2.53. The van der Waals surface area contributed by atoms with Crippen molar-refractivity contribution >= 4 is 40.8 Å². The summed E-state index contributed by atoms with van der Waals surface area (Å²) in [4.78, 5) is 74.5. The predicted octanol–water partition coefficient (Wildman–Crippen LogP) is 2.48. The van der Waals surface area contributed by atoms with E-state index < -0.39 is 78.5 Å². The second kappa shape index (κ2) is 14.6. The lowest BCUT2D eigenvalue weighted by molar-refractivity contribution is -0.288. The summed E-state index contributed by atoms with van der Waals surface area (Å²) in [6.45, 7) is 3.79. The zero-order valence-corrected chi connectivity index (χ0v) is 25.3. The molecule has 46 heavy (non-hydrogen) atoms. The summed E-state index contributed by atoms with van der Waals surface area (Å²) >= 11 is 0. The maximum absolute atomic E-state index is 13.3. The normalized spacial score (nSPS) is 20.6. The molecule has 3 aromatic rings. The van der Waals surface area contributed by atoms with Crippen LogP contribution in [0.4, 0.5) is 0 Å². The van der Waals surface area contributed by atoms with Gasteiger partial charge < -0.3 is 42.3 Å². The maximum Gasteiger partial charge on any atom is 0.383 e. The van der Waals surface area contributed by atoms with Crippen molar-refractivity contribution in [2.75, 3.05) is 13.7 Å². The molecule has 1 aromatic heterocycles. The Bertz CT molecular complexity index is 1680. The van der Waals surface area contributed by atoms with E-state index in [9.17, 15) is 28.8 Å². The number of rotatable bonds is 10. The Morgan fingerprint density at radius 2 is 1.39 bits per heavy atom. The van der Waals surface area contributed by atoms with Crippen LogP contribution in [0, 0.1) is 0 Å². The fourth-order valence-electron chi connectivity index (χ4n) is 4.59. The van der Waals surface area contributed by atoms with Gasteiger partial charge in [-0.3, -0.25) is 19.2 Å². The summed E-state index contributed by atoms with van der Waals surface area (Å²) < 4.78 is 49.6. The molecule has 2 aromatic carbocycles. The molecule has 0 unspecified atom stereocenters. The van der Waals surface area contributed by atoms with Crippen LogP contribution in [0.5, 0.6) is 17.2 Å². The third kappa shape index (κ3) is 7.98. The Hall–Kier alpha value is -5.44. The number of fused-ring (bicyclic) bond motifs is 1. The van der Waals surface area contributed by atoms with E-state index in [0.29, 0.717) is 5.75 Å². The lowest BCUT2D eigenvalue weighted by Crippen LogP contribution is -2.63. The van der Waals surface area contributed by atoms with E-state index in [-0.39, 0.29) is 22.3 Å². The van der Waals surface area contributed by atoms with E-state index in [1.807, 2.05) is 0 Å². The molecule has 4 rings (SSSR count). The van der Waals surface area contributed by atoms with Gasteiger partial charge in [-0.2, -0.15) is 0 Å². The molecule has 2 heterocycles. The number of ether oxygens (including phenoxy) is 8. The van der Waals surface area contributed by atoms with Gasteiger partial charge in [-0.15, -0.1) is 0 Å². The van der Waals surface area contributed by atoms with Crippen molar-refractivity contribution in [3.8, 4) is 17.2 Å². The SMILES string of the molecule is COc1ccc2c(O[C@@H]3O[C@H](COC(C)=O)[C@H](OC(C)=O)[C@H](OC(C)=O)[C@H]3OC(C)=O)c(OC(=O)c3ccccc3)c(=O)oc2c1. The first-order chi connectivity index (χ1) is 21.9. The molecule has 244 valence electrons. The van der Waals surface area contributed by atoms with Crippen LogP contribution < -0.4 is 19.8 Å². The Morgan fingerprint density at radius 3 is 2.00 bits per heavy atom. The van der Waals surface area contributed by atoms with E-state index in [0.717, 1.165) is 27.7 Å². The number of esters is 5. The van der Waals surface area contributed by atoms with Crippen LogP contribution in [-0.2, 0) is 42.9 Å². The predicted molar refractivity (Wildman–Crippen MR) is 153 cm³/mol. The minimum atomic E-state index is -1.75. The molecule has 1 saturated heterocycles. The zero-order valence-electron chi connectivity index (χ0n) is 25.3. The minimum absolute atomic E-state index is 0.0514. The van der Waals surface area contributed by atoms with Crippen LogP contribution in [0.3, 0.4) is 0 Å². The maximum atomic E-state index is 13.3. The van der Waals surface area contributed by atoms with Gasteiger partial charge in [0.2, 0.25) is 12.4 Å². The van der Waals surface area contributed by atoms with E-state index in [1.165, 1.54) is 37.4 Å². The van der Waals surface area contributed by atoms with Crippen molar-refractivity contribution in [3.63, 3.8) is 0 Å². The van der Waals surface area contributed by atoms with Crippen LogP contribution in [0.25, 0.3) is 11.0 Å². The van der Waals surface area contributed by atoms with Gasteiger partial charge >= 0.3 is 35.5 Å². The summed E-state index contributed by atoms with van der Waals surface area (Å²) in [6.07, 6.45) is -7.76. The van der Waals surface area contributed by atoms with Crippen molar-refractivity contribution in [3.05, 3.63) is 64.5 Å². The number of benzene rings is 2. The third-order valence-electron chi connectivity index (χ3n) is 6.41. The van der Waals surface area contributed by atoms with Gasteiger partial charge in [0.25, 0.3) is 5.75 Å². The lowest BCUT2D eigenvalue weighted by Gasteiger charge is -2.44. The number of hydrogen-bond acceptors (Lipinski definition) is 15. The van der Waals surface area contributed by atoms with Crippen LogP contribution in [0.2, 0.25) is 0 Å². The van der Waals surface area contributed by atoms with Gasteiger partial charge in [0.1, 0.15) is 24.0 Å². The smallest absolute Gasteiger partial charge is 0.383 e. The summed E-state index contributed by atoms with van der Waals surface area (Å²) in [6, 6.07) is 12.1. The molecule has 0 spiro atoms. The summed E-state index contributed by atoms with van der Waals surface area (Å²) in [5, 5.41) is 0.0871. The first-order valence-corrected chi connectivity index (χ1v) is 13.8. The molecular formula is C31H30O15. The molecule has 0 bridgehead atoms. The quantitative estimate of drug-likeness (QED) is 0.178. The second-order valence-corrected chi connectivity index (χ2v) is 9.85. The molecule has 0 amide bonds. The molecule has 15 nitrogen and oxygen atoms in total. The second-order valence-electron chi connectivity index (χ2n) is 9.85. The van der Waals surface area contributed by atoms with Crippen molar-refractivity contribution in [1.82, 2.24) is 0 Å². The zero-order chi connectivity index (χ0) is 33.5. The van der Waals surface area contributed by atoms with Gasteiger partial charge in [0, 0.05) is 33.8 Å². The van der Waals surface area contributed by atoms with Gasteiger partial charge in [-0.05, 0) is 24.3 Å². The van der Waals surface area contributed by atoms with Crippen LogP contribution in [-0.4, -0.2) is 74.3 Å².